The van der Waals surface area contributed by atoms with Crippen LogP contribution in [0, 0.1) is 0 Å². The largest absolute Gasteiger partial charge is 0.475 e. The highest BCUT2D eigenvalue weighted by Gasteiger charge is 2.29. The van der Waals surface area contributed by atoms with Gasteiger partial charge in [-0.1, -0.05) is 46.8 Å². The molecule has 0 aliphatic carbocycles. The lowest BCUT2D eigenvalue weighted by atomic mass is 9.91. The molecule has 21 heavy (non-hydrogen) atoms. The van der Waals surface area contributed by atoms with Crippen molar-refractivity contribution in [2.75, 3.05) is 0 Å². The molecule has 0 amide bonds. The van der Waals surface area contributed by atoms with E-state index in [0.717, 1.165) is 5.56 Å². The molecular weight excluding hydrogens is 266 g/mol. The van der Waals surface area contributed by atoms with E-state index in [2.05, 4.69) is 18.8 Å². The fourth-order valence-electron chi connectivity index (χ4n) is 2.11. The Labute approximate surface area is 124 Å². The Balaban J connectivity index is 2.47. The van der Waals surface area contributed by atoms with Gasteiger partial charge in [-0.3, -0.25) is 0 Å². The van der Waals surface area contributed by atoms with Crippen molar-refractivity contribution in [2.24, 2.45) is 0 Å². The third-order valence-corrected chi connectivity index (χ3v) is 3.36. The van der Waals surface area contributed by atoms with E-state index in [4.69, 9.17) is 4.42 Å². The van der Waals surface area contributed by atoms with E-state index >= 15 is 0 Å². The van der Waals surface area contributed by atoms with Crippen LogP contribution in [-0.4, -0.2) is 16.1 Å². The van der Waals surface area contributed by atoms with Crippen LogP contribution >= 0.6 is 0 Å². The van der Waals surface area contributed by atoms with Crippen LogP contribution in [-0.2, 0) is 5.41 Å². The first-order valence-electron chi connectivity index (χ1n) is 7.05. The van der Waals surface area contributed by atoms with Crippen LogP contribution in [0.2, 0.25) is 0 Å². The Morgan fingerprint density at radius 1 is 1.19 bits per heavy atom. The molecule has 1 aromatic carbocycles. The van der Waals surface area contributed by atoms with Crippen LogP contribution in [0.25, 0.3) is 11.5 Å². The summed E-state index contributed by atoms with van der Waals surface area (Å²) in [6.45, 7) is 10.0. The molecule has 0 saturated carbocycles. The van der Waals surface area contributed by atoms with Crippen molar-refractivity contribution < 1.29 is 14.3 Å². The van der Waals surface area contributed by atoms with Gasteiger partial charge in [0, 0.05) is 11.0 Å². The van der Waals surface area contributed by atoms with Crippen LogP contribution < -0.4 is 0 Å². The van der Waals surface area contributed by atoms with Gasteiger partial charge in [0.2, 0.25) is 11.7 Å². The summed E-state index contributed by atoms with van der Waals surface area (Å²) >= 11 is 0. The smallest absolute Gasteiger partial charge is 0.373 e. The van der Waals surface area contributed by atoms with E-state index in [1.807, 2.05) is 45.0 Å². The van der Waals surface area contributed by atoms with Gasteiger partial charge < -0.3 is 9.52 Å². The number of carboxylic acids is 1. The number of oxazole rings is 1. The lowest BCUT2D eigenvalue weighted by molar-refractivity contribution is 0.0659. The Morgan fingerprint density at radius 3 is 2.14 bits per heavy atom. The van der Waals surface area contributed by atoms with Gasteiger partial charge in [-0.05, 0) is 23.6 Å². The van der Waals surface area contributed by atoms with E-state index < -0.39 is 5.97 Å². The molecule has 1 aromatic heterocycles. The standard InChI is InChI=1S/C17H21NO3/c1-10(2)11-6-8-12(9-7-11)15-18-14(17(3,4)5)13(21-15)16(19)20/h6-10H,1-5H3,(H,19,20). The van der Waals surface area contributed by atoms with Gasteiger partial charge in [0.1, 0.15) is 5.69 Å². The zero-order chi connectivity index (χ0) is 15.8. The van der Waals surface area contributed by atoms with Gasteiger partial charge in [-0.25, -0.2) is 9.78 Å². The highest BCUT2D eigenvalue weighted by molar-refractivity contribution is 5.86. The zero-order valence-corrected chi connectivity index (χ0v) is 13.1. The zero-order valence-electron chi connectivity index (χ0n) is 13.1. The Kier molecular flexibility index (Phi) is 3.90. The highest BCUT2D eigenvalue weighted by Crippen LogP contribution is 2.30. The summed E-state index contributed by atoms with van der Waals surface area (Å²) in [5.74, 6) is -0.362. The summed E-state index contributed by atoms with van der Waals surface area (Å²) < 4.78 is 5.48. The van der Waals surface area contributed by atoms with Crippen LogP contribution in [0.4, 0.5) is 0 Å². The lowest BCUT2D eigenvalue weighted by Crippen LogP contribution is -2.16. The van der Waals surface area contributed by atoms with Crippen molar-refractivity contribution in [3.05, 3.63) is 41.3 Å². The molecule has 4 nitrogen and oxygen atoms in total. The van der Waals surface area contributed by atoms with Crippen molar-refractivity contribution in [3.63, 3.8) is 0 Å². The summed E-state index contributed by atoms with van der Waals surface area (Å²) in [7, 11) is 0. The third-order valence-electron chi connectivity index (χ3n) is 3.36. The van der Waals surface area contributed by atoms with E-state index in [9.17, 15) is 9.90 Å². The maximum absolute atomic E-state index is 11.3. The molecule has 2 rings (SSSR count). The average molecular weight is 287 g/mol. The molecule has 1 N–H and O–H groups in total. The number of hydrogen-bond acceptors (Lipinski definition) is 3. The monoisotopic (exact) mass is 287 g/mol. The molecule has 2 aromatic rings. The van der Waals surface area contributed by atoms with Crippen LogP contribution in [0.1, 0.15) is 62.3 Å². The fourth-order valence-corrected chi connectivity index (χ4v) is 2.11. The predicted octanol–water partition coefficient (Wildman–Crippen LogP) is 4.46. The van der Waals surface area contributed by atoms with E-state index in [-0.39, 0.29) is 11.2 Å². The molecule has 1 heterocycles. The third kappa shape index (κ3) is 3.15. The van der Waals surface area contributed by atoms with Crippen LogP contribution in [0.15, 0.2) is 28.7 Å². The molecule has 0 aliphatic rings. The van der Waals surface area contributed by atoms with E-state index in [1.54, 1.807) is 0 Å². The molecule has 0 unspecified atom stereocenters. The Morgan fingerprint density at radius 2 is 1.76 bits per heavy atom. The molecule has 0 fully saturated rings. The second kappa shape index (κ2) is 5.35. The second-order valence-corrected chi connectivity index (χ2v) is 6.53. The molecule has 112 valence electrons. The quantitative estimate of drug-likeness (QED) is 0.905. The highest BCUT2D eigenvalue weighted by atomic mass is 16.4. The van der Waals surface area contributed by atoms with E-state index in [1.165, 1.54) is 5.56 Å². The Hall–Kier alpha value is -2.10. The van der Waals surface area contributed by atoms with Crippen molar-refractivity contribution in [2.45, 2.75) is 46.0 Å². The number of aromatic carboxylic acids is 1. The SMILES string of the molecule is CC(C)c1ccc(-c2nc(C(C)(C)C)c(C(=O)O)o2)cc1. The van der Waals surface area contributed by atoms with Gasteiger partial charge in [-0.2, -0.15) is 0 Å². The molecule has 0 atom stereocenters. The summed E-state index contributed by atoms with van der Waals surface area (Å²) in [6.07, 6.45) is 0. The van der Waals surface area contributed by atoms with Crippen molar-refractivity contribution in [1.29, 1.82) is 0 Å². The minimum absolute atomic E-state index is 0.0783. The van der Waals surface area contributed by atoms with Gasteiger partial charge in [0.15, 0.2) is 0 Å². The van der Waals surface area contributed by atoms with Crippen molar-refractivity contribution in [3.8, 4) is 11.5 Å². The molecule has 0 spiro atoms. The normalized spacial score (nSPS) is 11.9. The minimum atomic E-state index is -1.09. The summed E-state index contributed by atoms with van der Waals surface area (Å²) in [5, 5.41) is 9.27. The Bertz CT molecular complexity index is 646. The second-order valence-electron chi connectivity index (χ2n) is 6.53. The number of aromatic nitrogens is 1. The van der Waals surface area contributed by atoms with Crippen LogP contribution in [0.5, 0.6) is 0 Å². The molecule has 0 aliphatic heterocycles. The van der Waals surface area contributed by atoms with Gasteiger partial charge >= 0.3 is 5.97 Å². The summed E-state index contributed by atoms with van der Waals surface area (Å²) in [5.41, 5.74) is 2.10. The molecule has 0 bridgehead atoms. The molecule has 0 saturated heterocycles. The van der Waals surface area contributed by atoms with Gasteiger partial charge in [-0.15, -0.1) is 0 Å². The fraction of sp³-hybridized carbons (Fsp3) is 0.412. The number of carbonyl (C=O) groups is 1. The number of rotatable bonds is 3. The van der Waals surface area contributed by atoms with E-state index in [0.29, 0.717) is 17.5 Å². The maximum atomic E-state index is 11.3. The minimum Gasteiger partial charge on any atom is -0.475 e. The molecule has 0 radical (unpaired) electrons. The van der Waals surface area contributed by atoms with Crippen molar-refractivity contribution in [1.82, 2.24) is 4.98 Å². The molecule has 4 heteroatoms. The number of carboxylic acid groups (broad SMARTS) is 1. The van der Waals surface area contributed by atoms with Crippen molar-refractivity contribution >= 4 is 5.97 Å². The number of hydrogen-bond donors (Lipinski definition) is 1. The maximum Gasteiger partial charge on any atom is 0.373 e. The lowest BCUT2D eigenvalue weighted by Gasteiger charge is -2.14. The van der Waals surface area contributed by atoms with Gasteiger partial charge in [0.05, 0.1) is 0 Å². The van der Waals surface area contributed by atoms with Gasteiger partial charge in [0.25, 0.3) is 0 Å². The van der Waals surface area contributed by atoms with Crippen LogP contribution in [0.3, 0.4) is 0 Å². The molecular formula is C17H21NO3. The number of nitrogens with zero attached hydrogens (tertiary/aromatic N) is 1. The summed E-state index contributed by atoms with van der Waals surface area (Å²) in [6, 6.07) is 7.86. The first-order chi connectivity index (χ1) is 9.70. The summed E-state index contributed by atoms with van der Waals surface area (Å²) in [4.78, 5) is 15.7. The average Bonchev–Trinajstić information content (AvgIpc) is 2.84. The topological polar surface area (TPSA) is 63.3 Å². The number of benzene rings is 1. The predicted molar refractivity (Wildman–Crippen MR) is 81.7 cm³/mol. The first-order valence-corrected chi connectivity index (χ1v) is 7.05. The first kappa shape index (κ1) is 15.3.